The number of nitrogens with one attached hydrogen (secondary N) is 1. The summed E-state index contributed by atoms with van der Waals surface area (Å²) in [5, 5.41) is 4.65. The Morgan fingerprint density at radius 2 is 2.00 bits per heavy atom. The Morgan fingerprint density at radius 1 is 1.24 bits per heavy atom. The van der Waals surface area contributed by atoms with Crippen LogP contribution in [0.4, 0.5) is 0 Å². The normalized spacial score (nSPS) is 17.1. The average molecular weight is 286 g/mol. The quantitative estimate of drug-likeness (QED) is 0.909. The Bertz CT molecular complexity index is 536. The lowest BCUT2D eigenvalue weighted by Gasteiger charge is -2.32. The summed E-state index contributed by atoms with van der Waals surface area (Å²) in [5.41, 5.74) is 0.998. The second-order valence-electron chi connectivity index (χ2n) is 6.47. The van der Waals surface area contributed by atoms with E-state index in [1.807, 2.05) is 12.1 Å². The molecule has 0 bridgehead atoms. The van der Waals surface area contributed by atoms with Crippen molar-refractivity contribution in [3.05, 3.63) is 36.1 Å². The molecule has 2 heterocycles. The molecule has 0 saturated carbocycles. The smallest absolute Gasteiger partial charge is 0.134 e. The lowest BCUT2D eigenvalue weighted by Crippen LogP contribution is -2.39. The molecule has 0 atom stereocenters. The zero-order valence-corrected chi connectivity index (χ0v) is 13.1. The zero-order valence-electron chi connectivity index (χ0n) is 13.1. The molecule has 3 heteroatoms. The Morgan fingerprint density at radius 3 is 2.71 bits per heavy atom. The minimum Gasteiger partial charge on any atom is -0.460 e. The van der Waals surface area contributed by atoms with Gasteiger partial charge in [0.05, 0.1) is 6.54 Å². The SMILES string of the molecule is CC(C)N(Cc1cc2ccccc2o1)CC1CCNCC1. The van der Waals surface area contributed by atoms with E-state index in [1.165, 1.54) is 37.9 Å². The van der Waals surface area contributed by atoms with Crippen LogP contribution in [0.3, 0.4) is 0 Å². The monoisotopic (exact) mass is 286 g/mol. The third-order valence-electron chi connectivity index (χ3n) is 4.52. The number of hydrogen-bond acceptors (Lipinski definition) is 3. The van der Waals surface area contributed by atoms with E-state index in [1.54, 1.807) is 0 Å². The van der Waals surface area contributed by atoms with E-state index in [0.29, 0.717) is 6.04 Å². The Balaban J connectivity index is 1.68. The fourth-order valence-electron chi connectivity index (χ4n) is 3.17. The Labute approximate surface area is 127 Å². The molecule has 0 aliphatic carbocycles. The van der Waals surface area contributed by atoms with Crippen LogP contribution in [-0.4, -0.2) is 30.6 Å². The summed E-state index contributed by atoms with van der Waals surface area (Å²) >= 11 is 0. The maximum absolute atomic E-state index is 5.98. The van der Waals surface area contributed by atoms with Crippen molar-refractivity contribution in [3.63, 3.8) is 0 Å². The molecular formula is C18H26N2O. The zero-order chi connectivity index (χ0) is 14.7. The van der Waals surface area contributed by atoms with Crippen molar-refractivity contribution in [1.29, 1.82) is 0 Å². The molecule has 114 valence electrons. The van der Waals surface area contributed by atoms with Gasteiger partial charge in [0.1, 0.15) is 11.3 Å². The summed E-state index contributed by atoms with van der Waals surface area (Å²) < 4.78 is 5.98. The summed E-state index contributed by atoms with van der Waals surface area (Å²) in [6.45, 7) is 8.99. The molecule has 1 aliphatic heterocycles. The molecule has 2 aromatic rings. The highest BCUT2D eigenvalue weighted by molar-refractivity contribution is 5.77. The number of nitrogens with zero attached hydrogens (tertiary/aromatic N) is 1. The first-order valence-electron chi connectivity index (χ1n) is 8.14. The van der Waals surface area contributed by atoms with E-state index >= 15 is 0 Å². The molecule has 1 saturated heterocycles. The largest absolute Gasteiger partial charge is 0.460 e. The summed E-state index contributed by atoms with van der Waals surface area (Å²) in [6, 6.07) is 11.0. The maximum atomic E-state index is 5.98. The molecule has 3 nitrogen and oxygen atoms in total. The van der Waals surface area contributed by atoms with Gasteiger partial charge in [0, 0.05) is 18.0 Å². The average Bonchev–Trinajstić information content (AvgIpc) is 2.90. The van der Waals surface area contributed by atoms with Gasteiger partial charge in [0.15, 0.2) is 0 Å². The molecule has 1 aromatic carbocycles. The number of furan rings is 1. The summed E-state index contributed by atoms with van der Waals surface area (Å²) in [5.74, 6) is 1.90. The molecular weight excluding hydrogens is 260 g/mol. The van der Waals surface area contributed by atoms with E-state index in [-0.39, 0.29) is 0 Å². The van der Waals surface area contributed by atoms with E-state index in [4.69, 9.17) is 4.42 Å². The predicted octanol–water partition coefficient (Wildman–Crippen LogP) is 3.64. The van der Waals surface area contributed by atoms with Crippen LogP contribution in [-0.2, 0) is 6.54 Å². The maximum Gasteiger partial charge on any atom is 0.134 e. The number of benzene rings is 1. The first-order chi connectivity index (χ1) is 10.2. The Kier molecular flexibility index (Phi) is 4.61. The van der Waals surface area contributed by atoms with Gasteiger partial charge in [-0.1, -0.05) is 18.2 Å². The molecule has 0 radical (unpaired) electrons. The minimum absolute atomic E-state index is 0.549. The van der Waals surface area contributed by atoms with Crippen LogP contribution in [0.25, 0.3) is 11.0 Å². The number of fused-ring (bicyclic) bond motifs is 1. The van der Waals surface area contributed by atoms with Crippen molar-refractivity contribution >= 4 is 11.0 Å². The molecule has 1 fully saturated rings. The van der Waals surface area contributed by atoms with Crippen LogP contribution >= 0.6 is 0 Å². The minimum atomic E-state index is 0.549. The van der Waals surface area contributed by atoms with Gasteiger partial charge in [0.25, 0.3) is 0 Å². The number of para-hydroxylation sites is 1. The standard InChI is InChI=1S/C18H26N2O/c1-14(2)20(12-15-7-9-19-10-8-15)13-17-11-16-5-3-4-6-18(16)21-17/h3-6,11,14-15,19H,7-10,12-13H2,1-2H3. The van der Waals surface area contributed by atoms with Crippen LogP contribution in [0.1, 0.15) is 32.4 Å². The molecule has 0 unspecified atom stereocenters. The van der Waals surface area contributed by atoms with E-state index in [2.05, 4.69) is 42.3 Å². The van der Waals surface area contributed by atoms with Gasteiger partial charge in [-0.2, -0.15) is 0 Å². The second kappa shape index (κ2) is 6.63. The van der Waals surface area contributed by atoms with Crippen LogP contribution in [0, 0.1) is 5.92 Å². The number of rotatable bonds is 5. The first kappa shape index (κ1) is 14.6. The topological polar surface area (TPSA) is 28.4 Å². The van der Waals surface area contributed by atoms with Gasteiger partial charge in [-0.15, -0.1) is 0 Å². The second-order valence-corrected chi connectivity index (χ2v) is 6.47. The summed E-state index contributed by atoms with van der Waals surface area (Å²) in [6.07, 6.45) is 2.59. The van der Waals surface area contributed by atoms with E-state index < -0.39 is 0 Å². The van der Waals surface area contributed by atoms with E-state index in [0.717, 1.165) is 23.8 Å². The van der Waals surface area contributed by atoms with Crippen LogP contribution < -0.4 is 5.32 Å². The van der Waals surface area contributed by atoms with Crippen molar-refractivity contribution in [2.24, 2.45) is 5.92 Å². The van der Waals surface area contributed by atoms with Crippen molar-refractivity contribution in [3.8, 4) is 0 Å². The fraction of sp³-hybridized carbons (Fsp3) is 0.556. The number of hydrogen-bond donors (Lipinski definition) is 1. The third-order valence-corrected chi connectivity index (χ3v) is 4.52. The lowest BCUT2D eigenvalue weighted by atomic mass is 9.97. The molecule has 0 amide bonds. The first-order valence-corrected chi connectivity index (χ1v) is 8.14. The highest BCUT2D eigenvalue weighted by Gasteiger charge is 2.20. The third kappa shape index (κ3) is 3.66. The molecule has 1 N–H and O–H groups in total. The summed E-state index contributed by atoms with van der Waals surface area (Å²) in [7, 11) is 0. The van der Waals surface area contributed by atoms with Gasteiger partial charge in [-0.25, -0.2) is 0 Å². The van der Waals surface area contributed by atoms with E-state index in [9.17, 15) is 0 Å². The van der Waals surface area contributed by atoms with Crippen molar-refractivity contribution < 1.29 is 4.42 Å². The van der Waals surface area contributed by atoms with Crippen LogP contribution in [0.15, 0.2) is 34.7 Å². The van der Waals surface area contributed by atoms with Crippen LogP contribution in [0.2, 0.25) is 0 Å². The van der Waals surface area contributed by atoms with Gasteiger partial charge in [0.2, 0.25) is 0 Å². The van der Waals surface area contributed by atoms with Crippen molar-refractivity contribution in [1.82, 2.24) is 10.2 Å². The van der Waals surface area contributed by atoms with Gasteiger partial charge < -0.3 is 9.73 Å². The summed E-state index contributed by atoms with van der Waals surface area (Å²) in [4.78, 5) is 2.55. The molecule has 21 heavy (non-hydrogen) atoms. The molecule has 1 aromatic heterocycles. The highest BCUT2D eigenvalue weighted by atomic mass is 16.3. The van der Waals surface area contributed by atoms with Crippen LogP contribution in [0.5, 0.6) is 0 Å². The van der Waals surface area contributed by atoms with Gasteiger partial charge >= 0.3 is 0 Å². The van der Waals surface area contributed by atoms with Crippen molar-refractivity contribution in [2.45, 2.75) is 39.3 Å². The molecule has 3 rings (SSSR count). The Hall–Kier alpha value is -1.32. The predicted molar refractivity (Wildman–Crippen MR) is 87.4 cm³/mol. The molecule has 0 spiro atoms. The van der Waals surface area contributed by atoms with Crippen molar-refractivity contribution in [2.75, 3.05) is 19.6 Å². The fourth-order valence-corrected chi connectivity index (χ4v) is 3.17. The lowest BCUT2D eigenvalue weighted by molar-refractivity contribution is 0.152. The molecule has 1 aliphatic rings. The highest BCUT2D eigenvalue weighted by Crippen LogP contribution is 2.22. The number of piperidine rings is 1. The van der Waals surface area contributed by atoms with Gasteiger partial charge in [-0.3, -0.25) is 4.90 Å². The van der Waals surface area contributed by atoms with Gasteiger partial charge in [-0.05, 0) is 57.8 Å².